The highest BCUT2D eigenvalue weighted by atomic mass is 32.2. The topological polar surface area (TPSA) is 91.8 Å². The number of benzene rings is 2. The number of nitrogens with zero attached hydrogens (tertiary/aromatic N) is 1. The lowest BCUT2D eigenvalue weighted by atomic mass is 9.34. The highest BCUT2D eigenvalue weighted by molar-refractivity contribution is 7.92. The molecule has 0 radical (unpaired) electrons. The van der Waals surface area contributed by atoms with Crippen LogP contribution in [0.25, 0.3) is 0 Å². The molecule has 43 heavy (non-hydrogen) atoms. The number of halogens is 8. The molecule has 232 valence electrons. The number of amides is 1. The lowest BCUT2D eigenvalue weighted by Gasteiger charge is -2.67. The highest BCUT2D eigenvalue weighted by Gasteiger charge is 2.77. The van der Waals surface area contributed by atoms with E-state index >= 15 is 0 Å². The van der Waals surface area contributed by atoms with Crippen LogP contribution in [0.1, 0.15) is 48.8 Å². The number of carbonyl (C=O) groups is 2. The summed E-state index contributed by atoms with van der Waals surface area (Å²) in [6.07, 6.45) is -13.3. The molecule has 1 N–H and O–H groups in total. The van der Waals surface area contributed by atoms with Crippen LogP contribution in [-0.2, 0) is 36.3 Å². The molecule has 2 bridgehead atoms. The van der Waals surface area contributed by atoms with Gasteiger partial charge in [0, 0.05) is 12.1 Å². The van der Waals surface area contributed by atoms with Crippen molar-refractivity contribution in [3.63, 3.8) is 0 Å². The average molecular weight is 638 g/mol. The molecule has 2 atom stereocenters. The summed E-state index contributed by atoms with van der Waals surface area (Å²) in [6, 6.07) is 3.98. The van der Waals surface area contributed by atoms with E-state index in [0.29, 0.717) is 6.07 Å². The molecule has 3 saturated carbocycles. The molecule has 4 aliphatic carbocycles. The molecule has 1 saturated heterocycles. The van der Waals surface area contributed by atoms with Gasteiger partial charge in [-0.05, 0) is 73.9 Å². The van der Waals surface area contributed by atoms with Crippen molar-refractivity contribution in [2.45, 2.75) is 72.2 Å². The zero-order valence-corrected chi connectivity index (χ0v) is 22.8. The summed E-state index contributed by atoms with van der Waals surface area (Å²) in [5, 5.41) is 9.46. The number of carboxylic acid groups (broad SMARTS) is 1. The SMILES string of the molecule is O=C(O)C12CC(C(=O)N3CC[C@]4(S(=O)(=O)c5ccc(F)cc5)c5ccc(C(F)(C(F)(F)F)C(F)(F)F)cc5CC[C@H]34)(C1)C2. The van der Waals surface area contributed by atoms with Crippen molar-refractivity contribution in [2.24, 2.45) is 10.8 Å². The summed E-state index contributed by atoms with van der Waals surface area (Å²) in [7, 11) is -4.60. The van der Waals surface area contributed by atoms with Crippen molar-refractivity contribution in [1.82, 2.24) is 4.90 Å². The average Bonchev–Trinajstić information content (AvgIpc) is 3.26. The van der Waals surface area contributed by atoms with E-state index < -0.39 is 72.7 Å². The minimum absolute atomic E-state index is 0.0719. The molecule has 0 spiro atoms. The van der Waals surface area contributed by atoms with Crippen LogP contribution < -0.4 is 0 Å². The second kappa shape index (κ2) is 8.69. The first-order valence-electron chi connectivity index (χ1n) is 13.3. The fraction of sp³-hybridized carbons (Fsp3) is 0.500. The number of hydrogen-bond donors (Lipinski definition) is 1. The van der Waals surface area contributed by atoms with Crippen molar-refractivity contribution in [2.75, 3.05) is 6.54 Å². The number of carbonyl (C=O) groups excluding carboxylic acids is 1. The molecule has 15 heteroatoms. The molecule has 2 aromatic rings. The lowest BCUT2D eigenvalue weighted by Crippen LogP contribution is -2.71. The van der Waals surface area contributed by atoms with Gasteiger partial charge >= 0.3 is 24.0 Å². The monoisotopic (exact) mass is 637 g/mol. The van der Waals surface area contributed by atoms with E-state index in [2.05, 4.69) is 0 Å². The predicted octanol–water partition coefficient (Wildman–Crippen LogP) is 5.59. The third-order valence-corrected chi connectivity index (χ3v) is 12.4. The van der Waals surface area contributed by atoms with Gasteiger partial charge in [-0.1, -0.05) is 18.2 Å². The van der Waals surface area contributed by atoms with Crippen LogP contribution in [0.15, 0.2) is 47.4 Å². The van der Waals surface area contributed by atoms with Gasteiger partial charge in [-0.25, -0.2) is 17.2 Å². The van der Waals surface area contributed by atoms with Crippen molar-refractivity contribution in [3.8, 4) is 0 Å². The summed E-state index contributed by atoms with van der Waals surface area (Å²) in [4.78, 5) is 26.3. The Bertz CT molecular complexity index is 1620. The Balaban J connectivity index is 1.48. The van der Waals surface area contributed by atoms with E-state index in [1.54, 1.807) is 0 Å². The third kappa shape index (κ3) is 3.65. The van der Waals surface area contributed by atoms with Gasteiger partial charge in [0.25, 0.3) is 0 Å². The number of aliphatic carboxylic acids is 1. The summed E-state index contributed by atoms with van der Waals surface area (Å²) >= 11 is 0. The van der Waals surface area contributed by atoms with Gasteiger partial charge in [0.05, 0.1) is 21.8 Å². The minimum atomic E-state index is -6.37. The number of rotatable bonds is 5. The molecule has 0 unspecified atom stereocenters. The summed E-state index contributed by atoms with van der Waals surface area (Å²) < 4.78 is 136. The predicted molar refractivity (Wildman–Crippen MR) is 131 cm³/mol. The summed E-state index contributed by atoms with van der Waals surface area (Å²) in [6.45, 7) is -0.148. The number of carboxylic acids is 1. The van der Waals surface area contributed by atoms with Gasteiger partial charge in [-0.15, -0.1) is 0 Å². The molecule has 1 amide bonds. The van der Waals surface area contributed by atoms with Crippen LogP contribution >= 0.6 is 0 Å². The van der Waals surface area contributed by atoms with Crippen molar-refractivity contribution >= 4 is 21.7 Å². The molecule has 4 fully saturated rings. The first-order chi connectivity index (χ1) is 19.8. The first kappa shape index (κ1) is 29.8. The molecular formula is C28H23F8NO5S. The highest BCUT2D eigenvalue weighted by Crippen LogP contribution is 2.74. The standard InChI is InChI=1S/C28H23F8NO5S/c29-17-3-5-18(6-4-17)43(41,42)25-9-10-37(21(38)23-12-24(13-23,14-23)22(39)40)20(25)8-1-15-11-16(2-7-19(15)25)26(30,27(31,32)33)28(34,35)36/h2-7,11,20H,1,8-10,12-14H2,(H,39,40)/t20-,23?,24?,25-/m0/s1. The molecule has 1 aliphatic heterocycles. The lowest BCUT2D eigenvalue weighted by molar-refractivity contribution is -0.348. The number of sulfone groups is 1. The molecule has 5 aliphatic rings. The Morgan fingerprint density at radius 2 is 1.47 bits per heavy atom. The van der Waals surface area contributed by atoms with Crippen LogP contribution in [0.4, 0.5) is 35.1 Å². The van der Waals surface area contributed by atoms with Crippen molar-refractivity contribution in [3.05, 3.63) is 65.0 Å². The number of alkyl halides is 7. The Kier molecular flexibility index (Phi) is 6.03. The van der Waals surface area contributed by atoms with Crippen molar-refractivity contribution in [1.29, 1.82) is 0 Å². The Morgan fingerprint density at radius 3 is 2.00 bits per heavy atom. The zero-order chi connectivity index (χ0) is 31.6. The number of aryl methyl sites for hydroxylation is 1. The molecule has 6 nitrogen and oxygen atoms in total. The number of hydrogen-bond acceptors (Lipinski definition) is 4. The zero-order valence-electron chi connectivity index (χ0n) is 22.0. The quantitative estimate of drug-likeness (QED) is 0.341. The van der Waals surface area contributed by atoms with E-state index in [-0.39, 0.29) is 67.2 Å². The number of fused-ring (bicyclic) bond motifs is 3. The Hall–Kier alpha value is -3.23. The molecule has 0 aromatic heterocycles. The molecule has 7 rings (SSSR count). The van der Waals surface area contributed by atoms with E-state index in [0.717, 1.165) is 30.3 Å². The van der Waals surface area contributed by atoms with Gasteiger partial charge in [0.1, 0.15) is 10.6 Å². The van der Waals surface area contributed by atoms with Gasteiger partial charge < -0.3 is 10.0 Å². The summed E-state index contributed by atoms with van der Waals surface area (Å²) in [5.74, 6) is -2.27. The molecular weight excluding hydrogens is 614 g/mol. The van der Waals surface area contributed by atoms with E-state index in [1.165, 1.54) is 4.90 Å². The van der Waals surface area contributed by atoms with Gasteiger partial charge in [0.15, 0.2) is 9.84 Å². The maximum atomic E-state index is 14.9. The van der Waals surface area contributed by atoms with Gasteiger partial charge in [-0.2, -0.15) is 26.3 Å². The van der Waals surface area contributed by atoms with E-state index in [9.17, 15) is 58.2 Å². The second-order valence-electron chi connectivity index (χ2n) is 12.1. The maximum Gasteiger partial charge on any atom is 0.435 e. The molecule has 2 aromatic carbocycles. The van der Waals surface area contributed by atoms with Crippen LogP contribution in [0, 0.1) is 16.6 Å². The second-order valence-corrected chi connectivity index (χ2v) is 14.3. The smallest absolute Gasteiger partial charge is 0.435 e. The van der Waals surface area contributed by atoms with Crippen LogP contribution in [-0.4, -0.2) is 55.2 Å². The summed E-state index contributed by atoms with van der Waals surface area (Å²) in [5.41, 5.74) is -9.91. The van der Waals surface area contributed by atoms with Crippen LogP contribution in [0.5, 0.6) is 0 Å². The largest absolute Gasteiger partial charge is 0.481 e. The van der Waals surface area contributed by atoms with E-state index in [1.807, 2.05) is 0 Å². The van der Waals surface area contributed by atoms with Crippen LogP contribution in [0.2, 0.25) is 0 Å². The third-order valence-electron chi connectivity index (χ3n) is 9.87. The van der Waals surface area contributed by atoms with Gasteiger partial charge in [0.2, 0.25) is 5.91 Å². The van der Waals surface area contributed by atoms with E-state index in [4.69, 9.17) is 0 Å². The van der Waals surface area contributed by atoms with Gasteiger partial charge in [-0.3, -0.25) is 9.59 Å². The molecule has 1 heterocycles. The maximum absolute atomic E-state index is 14.9. The first-order valence-corrected chi connectivity index (χ1v) is 14.8. The minimum Gasteiger partial charge on any atom is -0.481 e. The van der Waals surface area contributed by atoms with Crippen molar-refractivity contribution < 1.29 is 58.2 Å². The fourth-order valence-electron chi connectivity index (χ4n) is 7.84. The van der Waals surface area contributed by atoms with Crippen LogP contribution in [0.3, 0.4) is 0 Å². The Labute approximate surface area is 239 Å². The normalized spacial score (nSPS) is 30.1. The number of likely N-dealkylation sites (tertiary alicyclic amines) is 1. The Morgan fingerprint density at radius 1 is 0.884 bits per heavy atom. The fourth-order valence-corrected chi connectivity index (χ4v) is 10.2.